The van der Waals surface area contributed by atoms with Crippen molar-refractivity contribution >= 4 is 15.0 Å². The lowest BCUT2D eigenvalue weighted by Crippen LogP contribution is -2.10. The highest BCUT2D eigenvalue weighted by atomic mass is 31.1. The summed E-state index contributed by atoms with van der Waals surface area (Å²) < 4.78 is 10.8. The number of rotatable bonds is 7. The molecular weight excluding hydrogens is 415 g/mol. The van der Waals surface area contributed by atoms with Crippen LogP contribution in [0.2, 0.25) is 0 Å². The number of aliphatic hydroxyl groups is 2. The van der Waals surface area contributed by atoms with Gasteiger partial charge < -0.3 is 24.4 Å². The Balaban J connectivity index is 0.000000257. The van der Waals surface area contributed by atoms with Crippen LogP contribution in [-0.4, -0.2) is 33.5 Å². The molecule has 0 fully saturated rings. The third kappa shape index (κ3) is 13.8. The Morgan fingerprint density at radius 1 is 0.742 bits per heavy atom. The molecule has 0 amide bonds. The van der Waals surface area contributed by atoms with E-state index in [2.05, 4.69) is 0 Å². The van der Waals surface area contributed by atoms with Gasteiger partial charge in [0.05, 0.1) is 17.8 Å². The van der Waals surface area contributed by atoms with Crippen molar-refractivity contribution in [1.29, 1.82) is 0 Å². The Hall–Kier alpha value is -2.92. The van der Waals surface area contributed by atoms with Crippen molar-refractivity contribution in [2.75, 3.05) is 0 Å². The van der Waals surface area contributed by atoms with E-state index in [1.165, 1.54) is 0 Å². The molecule has 2 atom stereocenters. The Morgan fingerprint density at radius 3 is 1.35 bits per heavy atom. The molecule has 0 aromatic heterocycles. The van der Waals surface area contributed by atoms with Gasteiger partial charge in [-0.1, -0.05) is 54.6 Å². The third-order valence-electron chi connectivity index (χ3n) is 3.51. The summed E-state index contributed by atoms with van der Waals surface area (Å²) >= 11 is 0. The molecule has 166 valence electrons. The second-order valence-electron chi connectivity index (χ2n) is 6.52. The topological polar surface area (TPSA) is 96.2 Å². The van der Waals surface area contributed by atoms with Gasteiger partial charge in [0.25, 0.3) is 9.03 Å². The fourth-order valence-corrected chi connectivity index (χ4v) is 2.67. The summed E-state index contributed by atoms with van der Waals surface area (Å²) in [6.45, 7) is 3.32. The first kappa shape index (κ1) is 26.1. The molecule has 0 spiro atoms. The highest BCUT2D eigenvalue weighted by Crippen LogP contribution is 2.23. The van der Waals surface area contributed by atoms with Gasteiger partial charge in [-0.15, -0.1) is 0 Å². The van der Waals surface area contributed by atoms with Crippen LogP contribution >= 0.6 is 9.03 Å². The van der Waals surface area contributed by atoms with Gasteiger partial charge in [0.2, 0.25) is 0 Å². The molecule has 6 nitrogen and oxygen atoms in total. The normalized spacial score (nSPS) is 11.5. The summed E-state index contributed by atoms with van der Waals surface area (Å²) in [4.78, 5) is 10.2. The van der Waals surface area contributed by atoms with Crippen LogP contribution in [0.15, 0.2) is 91.0 Å². The largest absolute Gasteiger partial charge is 0.478 e. The molecule has 0 heterocycles. The van der Waals surface area contributed by atoms with E-state index in [0.717, 1.165) is 11.5 Å². The molecule has 0 aliphatic heterocycles. The van der Waals surface area contributed by atoms with E-state index in [-0.39, 0.29) is 21.2 Å². The maximum absolute atomic E-state index is 10.2. The van der Waals surface area contributed by atoms with Gasteiger partial charge in [-0.3, -0.25) is 0 Å². The summed E-state index contributed by atoms with van der Waals surface area (Å²) in [6, 6.07) is 27.5. The molecule has 3 aromatic rings. The van der Waals surface area contributed by atoms with Crippen LogP contribution < -0.4 is 9.05 Å². The average molecular weight is 444 g/mol. The number of aromatic carboxylic acids is 1. The lowest BCUT2D eigenvalue weighted by Gasteiger charge is -2.06. The second-order valence-corrected chi connectivity index (χ2v) is 7.09. The zero-order valence-electron chi connectivity index (χ0n) is 17.6. The zero-order chi connectivity index (χ0) is 22.9. The summed E-state index contributed by atoms with van der Waals surface area (Å²) in [7, 11) is -0.0129. The van der Waals surface area contributed by atoms with Crippen molar-refractivity contribution in [3.05, 3.63) is 96.6 Å². The molecule has 0 saturated heterocycles. The standard InChI is InChI=1S/C12H11O2P.C7H6O2.C5H12O2/c1-3-7-11(8-4-1)13-15-14-12-9-5-2-6-10-12;8-7(9)6-4-2-1-3-5-6;1-4(6)3-5(2)7/h1-10,15H;1-5H,(H,8,9);4-7H,3H2,1-2H3. The van der Waals surface area contributed by atoms with Crippen molar-refractivity contribution in [3.63, 3.8) is 0 Å². The molecule has 0 aliphatic rings. The van der Waals surface area contributed by atoms with Crippen molar-refractivity contribution in [1.82, 2.24) is 0 Å². The van der Waals surface area contributed by atoms with Crippen molar-refractivity contribution in [2.24, 2.45) is 0 Å². The van der Waals surface area contributed by atoms with Crippen LogP contribution in [0.1, 0.15) is 30.6 Å². The van der Waals surface area contributed by atoms with Crippen LogP contribution in [-0.2, 0) is 0 Å². The predicted octanol–water partition coefficient (Wildman–Crippen LogP) is 5.18. The van der Waals surface area contributed by atoms with Crippen molar-refractivity contribution in [2.45, 2.75) is 32.5 Å². The van der Waals surface area contributed by atoms with E-state index in [4.69, 9.17) is 24.4 Å². The van der Waals surface area contributed by atoms with Gasteiger partial charge in [-0.2, -0.15) is 0 Å². The summed E-state index contributed by atoms with van der Waals surface area (Å²) in [5.74, 6) is 0.772. The van der Waals surface area contributed by atoms with E-state index in [0.29, 0.717) is 12.0 Å². The Morgan fingerprint density at radius 2 is 1.10 bits per heavy atom. The third-order valence-corrected chi connectivity index (χ3v) is 4.15. The van der Waals surface area contributed by atoms with Crippen LogP contribution in [0.25, 0.3) is 0 Å². The molecule has 0 radical (unpaired) electrons. The molecule has 3 aromatic carbocycles. The zero-order valence-corrected chi connectivity index (χ0v) is 18.6. The van der Waals surface area contributed by atoms with E-state index in [1.54, 1.807) is 44.2 Å². The van der Waals surface area contributed by atoms with Crippen LogP contribution in [0, 0.1) is 0 Å². The summed E-state index contributed by atoms with van der Waals surface area (Å²) in [5, 5.41) is 25.5. The first-order valence-electron chi connectivity index (χ1n) is 9.71. The first-order valence-corrected chi connectivity index (χ1v) is 10.5. The Labute approximate surface area is 185 Å². The molecule has 0 saturated carbocycles. The highest BCUT2D eigenvalue weighted by Gasteiger charge is 1.99. The van der Waals surface area contributed by atoms with Gasteiger partial charge in [0.15, 0.2) is 0 Å². The number of hydrogen-bond donors (Lipinski definition) is 3. The SMILES string of the molecule is CC(O)CC(C)O.O=C(O)c1ccccc1.c1ccc(OPOc2ccccc2)cc1. The van der Waals surface area contributed by atoms with E-state index in [9.17, 15) is 4.79 Å². The number of benzene rings is 3. The Kier molecular flexibility index (Phi) is 13.4. The summed E-state index contributed by atoms with van der Waals surface area (Å²) in [6.07, 6.45) is -0.278. The van der Waals surface area contributed by atoms with E-state index < -0.39 is 5.97 Å². The van der Waals surface area contributed by atoms with E-state index in [1.807, 2.05) is 60.7 Å². The van der Waals surface area contributed by atoms with Gasteiger partial charge in [0.1, 0.15) is 11.5 Å². The van der Waals surface area contributed by atoms with Gasteiger partial charge >= 0.3 is 5.97 Å². The Bertz CT molecular complexity index is 781. The van der Waals surface area contributed by atoms with Gasteiger partial charge in [0, 0.05) is 0 Å². The predicted molar refractivity (Wildman–Crippen MR) is 124 cm³/mol. The number of carbonyl (C=O) groups is 1. The van der Waals surface area contributed by atoms with Gasteiger partial charge in [-0.25, -0.2) is 4.79 Å². The minimum absolute atomic E-state index is 0.0129. The number of aliphatic hydroxyl groups excluding tert-OH is 2. The quantitative estimate of drug-likeness (QED) is 0.435. The molecule has 3 rings (SSSR count). The molecule has 0 bridgehead atoms. The average Bonchev–Trinajstić information content (AvgIpc) is 2.76. The number of carboxylic acid groups (broad SMARTS) is 1. The highest BCUT2D eigenvalue weighted by molar-refractivity contribution is 7.27. The number of carboxylic acids is 1. The fraction of sp³-hybridized carbons (Fsp3) is 0.208. The number of para-hydroxylation sites is 2. The maximum Gasteiger partial charge on any atom is 0.335 e. The molecule has 3 N–H and O–H groups in total. The maximum atomic E-state index is 10.2. The smallest absolute Gasteiger partial charge is 0.335 e. The first-order chi connectivity index (χ1) is 14.9. The number of hydrogen-bond acceptors (Lipinski definition) is 5. The van der Waals surface area contributed by atoms with Crippen molar-refractivity contribution < 1.29 is 29.2 Å². The second kappa shape index (κ2) is 15.9. The molecule has 0 aliphatic carbocycles. The lowest BCUT2D eigenvalue weighted by atomic mass is 10.2. The summed E-state index contributed by atoms with van der Waals surface area (Å²) in [5.41, 5.74) is 0.331. The monoisotopic (exact) mass is 444 g/mol. The molecular formula is C24H29O6P. The van der Waals surface area contributed by atoms with Gasteiger partial charge in [-0.05, 0) is 56.7 Å². The molecule has 2 unspecified atom stereocenters. The minimum atomic E-state index is -0.879. The fourth-order valence-electron chi connectivity index (χ4n) is 2.17. The lowest BCUT2D eigenvalue weighted by molar-refractivity contribution is 0.0696. The van der Waals surface area contributed by atoms with Crippen LogP contribution in [0.4, 0.5) is 0 Å². The van der Waals surface area contributed by atoms with Crippen LogP contribution in [0.5, 0.6) is 11.5 Å². The van der Waals surface area contributed by atoms with Crippen LogP contribution in [0.3, 0.4) is 0 Å². The molecule has 31 heavy (non-hydrogen) atoms. The van der Waals surface area contributed by atoms with Crippen molar-refractivity contribution in [3.8, 4) is 11.5 Å². The van der Waals surface area contributed by atoms with E-state index >= 15 is 0 Å². The molecule has 7 heteroatoms. The minimum Gasteiger partial charge on any atom is -0.478 e.